The predicted molar refractivity (Wildman–Crippen MR) is 98.6 cm³/mol. The van der Waals surface area contributed by atoms with Crippen LogP contribution in [0, 0.1) is 0 Å². The summed E-state index contributed by atoms with van der Waals surface area (Å²) in [4.78, 5) is 19.0. The average molecular weight is 352 g/mol. The molecule has 26 heavy (non-hydrogen) atoms. The molecule has 1 fully saturated rings. The predicted octanol–water partition coefficient (Wildman–Crippen LogP) is 3.17. The number of fused-ring (bicyclic) bond motifs is 1. The van der Waals surface area contributed by atoms with Gasteiger partial charge in [0.05, 0.1) is 12.6 Å². The molecular formula is C20H21FN4O. The topological polar surface area (TPSA) is 61.9 Å². The minimum atomic E-state index is -1.72. The number of alkyl halides is 1. The first-order valence-electron chi connectivity index (χ1n) is 8.82. The van der Waals surface area contributed by atoms with Crippen molar-refractivity contribution in [3.05, 3.63) is 48.5 Å². The van der Waals surface area contributed by atoms with Crippen molar-refractivity contribution in [3.8, 4) is 11.1 Å². The van der Waals surface area contributed by atoms with E-state index in [4.69, 9.17) is 0 Å². The first-order valence-corrected chi connectivity index (χ1v) is 8.82. The van der Waals surface area contributed by atoms with E-state index in [1.54, 1.807) is 12.4 Å². The van der Waals surface area contributed by atoms with E-state index in [1.165, 1.54) is 0 Å². The molecule has 1 saturated heterocycles. The third-order valence-electron chi connectivity index (χ3n) is 5.23. The number of likely N-dealkylation sites (tertiary alicyclic amines) is 1. The average Bonchev–Trinajstić information content (AvgIpc) is 3.18. The van der Waals surface area contributed by atoms with Crippen LogP contribution >= 0.6 is 0 Å². The van der Waals surface area contributed by atoms with Crippen LogP contribution in [0.4, 0.5) is 4.39 Å². The number of pyridine rings is 1. The Labute approximate surface area is 151 Å². The highest BCUT2D eigenvalue weighted by Gasteiger charge is 2.40. The highest BCUT2D eigenvalue weighted by atomic mass is 19.1. The zero-order valence-corrected chi connectivity index (χ0v) is 14.7. The van der Waals surface area contributed by atoms with Crippen molar-refractivity contribution in [2.75, 3.05) is 20.1 Å². The molecule has 0 aliphatic carbocycles. The maximum Gasteiger partial charge on any atom is 0.175 e. The van der Waals surface area contributed by atoms with E-state index >= 15 is 0 Å². The maximum atomic E-state index is 15.0. The fourth-order valence-corrected chi connectivity index (χ4v) is 3.45. The molecule has 3 aromatic rings. The molecular weight excluding hydrogens is 331 g/mol. The molecule has 0 atom stereocenters. The molecule has 0 spiro atoms. The van der Waals surface area contributed by atoms with Crippen LogP contribution in [0.3, 0.4) is 0 Å². The molecule has 1 aliphatic rings. The van der Waals surface area contributed by atoms with Gasteiger partial charge in [-0.3, -0.25) is 14.9 Å². The van der Waals surface area contributed by atoms with Crippen molar-refractivity contribution < 1.29 is 9.18 Å². The molecule has 0 saturated carbocycles. The fourth-order valence-electron chi connectivity index (χ4n) is 3.45. The second-order valence-corrected chi connectivity index (χ2v) is 7.09. The smallest absolute Gasteiger partial charge is 0.175 e. The SMILES string of the molecule is CN1CCC(F)(C(=O)Cc2cc3cc(-c4cn[nH]c4)ccc3cn2)CC1. The highest BCUT2D eigenvalue weighted by Crippen LogP contribution is 2.29. The van der Waals surface area contributed by atoms with E-state index < -0.39 is 5.67 Å². The second-order valence-electron chi connectivity index (χ2n) is 7.09. The van der Waals surface area contributed by atoms with E-state index in [2.05, 4.69) is 20.1 Å². The minimum Gasteiger partial charge on any atom is -0.306 e. The van der Waals surface area contributed by atoms with Crippen LogP contribution in [0.5, 0.6) is 0 Å². The van der Waals surface area contributed by atoms with E-state index in [0.717, 1.165) is 21.9 Å². The summed E-state index contributed by atoms with van der Waals surface area (Å²) in [5.74, 6) is -0.358. The number of hydrogen-bond donors (Lipinski definition) is 1. The monoisotopic (exact) mass is 352 g/mol. The maximum absolute atomic E-state index is 15.0. The number of carbonyl (C=O) groups is 1. The summed E-state index contributed by atoms with van der Waals surface area (Å²) in [6, 6.07) is 7.92. The van der Waals surface area contributed by atoms with Gasteiger partial charge in [-0.15, -0.1) is 0 Å². The lowest BCUT2D eigenvalue weighted by atomic mass is 9.87. The summed E-state index contributed by atoms with van der Waals surface area (Å²) < 4.78 is 15.0. The van der Waals surface area contributed by atoms with Gasteiger partial charge < -0.3 is 4.90 Å². The normalized spacial score (nSPS) is 17.5. The standard InChI is InChI=1S/C20H21FN4O/c1-25-6-4-20(21,5-7-25)19(26)10-18-9-16-8-14(17-12-23-24-13-17)2-3-15(16)11-22-18/h2-3,8-9,11-13H,4-7,10H2,1H3,(H,23,24). The van der Waals surface area contributed by atoms with Gasteiger partial charge in [-0.05, 0) is 30.1 Å². The summed E-state index contributed by atoms with van der Waals surface area (Å²) >= 11 is 0. The number of H-pyrrole nitrogens is 1. The molecule has 4 rings (SSSR count). The zero-order chi connectivity index (χ0) is 18.1. The molecule has 5 nitrogen and oxygen atoms in total. The molecule has 134 valence electrons. The largest absolute Gasteiger partial charge is 0.306 e. The Morgan fingerprint density at radius 1 is 1.19 bits per heavy atom. The zero-order valence-electron chi connectivity index (χ0n) is 14.7. The van der Waals surface area contributed by atoms with Gasteiger partial charge in [0.1, 0.15) is 0 Å². The number of aromatic nitrogens is 3. The van der Waals surface area contributed by atoms with Gasteiger partial charge in [0, 0.05) is 55.0 Å². The van der Waals surface area contributed by atoms with E-state index in [1.807, 2.05) is 37.5 Å². The molecule has 6 heteroatoms. The van der Waals surface area contributed by atoms with Crippen LogP contribution in [-0.2, 0) is 11.2 Å². The van der Waals surface area contributed by atoms with Crippen molar-refractivity contribution in [2.24, 2.45) is 0 Å². The van der Waals surface area contributed by atoms with Crippen molar-refractivity contribution in [1.29, 1.82) is 0 Å². The van der Waals surface area contributed by atoms with Crippen molar-refractivity contribution in [3.63, 3.8) is 0 Å². The third kappa shape index (κ3) is 3.24. The Balaban J connectivity index is 1.57. The number of benzene rings is 1. The Morgan fingerprint density at radius 3 is 2.73 bits per heavy atom. The lowest BCUT2D eigenvalue weighted by Gasteiger charge is -2.33. The first kappa shape index (κ1) is 16.8. The number of ketones is 1. The number of halogens is 1. The highest BCUT2D eigenvalue weighted by molar-refractivity contribution is 5.91. The summed E-state index contributed by atoms with van der Waals surface area (Å²) in [5, 5.41) is 8.75. The fraction of sp³-hybridized carbons (Fsp3) is 0.350. The summed E-state index contributed by atoms with van der Waals surface area (Å²) in [5.41, 5.74) is 0.923. The lowest BCUT2D eigenvalue weighted by Crippen LogP contribution is -2.45. The van der Waals surface area contributed by atoms with Gasteiger partial charge in [-0.1, -0.05) is 12.1 Å². The molecule has 1 aromatic carbocycles. The van der Waals surface area contributed by atoms with Crippen LogP contribution in [-0.4, -0.2) is 51.7 Å². The second kappa shape index (κ2) is 6.61. The van der Waals surface area contributed by atoms with E-state index in [9.17, 15) is 9.18 Å². The number of piperidine rings is 1. The van der Waals surface area contributed by atoms with Crippen molar-refractivity contribution in [1.82, 2.24) is 20.1 Å². The van der Waals surface area contributed by atoms with Gasteiger partial charge in [0.15, 0.2) is 11.5 Å². The van der Waals surface area contributed by atoms with Crippen molar-refractivity contribution in [2.45, 2.75) is 24.9 Å². The molecule has 0 bridgehead atoms. The molecule has 0 amide bonds. The first-order chi connectivity index (χ1) is 12.5. The molecule has 0 radical (unpaired) electrons. The number of aromatic amines is 1. The van der Waals surface area contributed by atoms with Crippen LogP contribution in [0.2, 0.25) is 0 Å². The quantitative estimate of drug-likeness (QED) is 0.783. The summed E-state index contributed by atoms with van der Waals surface area (Å²) in [6.07, 6.45) is 5.91. The van der Waals surface area contributed by atoms with E-state index in [0.29, 0.717) is 18.8 Å². The number of nitrogens with one attached hydrogen (secondary N) is 1. The minimum absolute atomic E-state index is 0.0338. The Kier molecular flexibility index (Phi) is 4.28. The number of Topliss-reactive ketones (excluding diaryl/α,β-unsaturated/α-hetero) is 1. The molecule has 1 aliphatic heterocycles. The Morgan fingerprint density at radius 2 is 2.00 bits per heavy atom. The van der Waals surface area contributed by atoms with Gasteiger partial charge in [-0.2, -0.15) is 5.10 Å². The number of nitrogens with zero attached hydrogens (tertiary/aromatic N) is 3. The number of hydrogen-bond acceptors (Lipinski definition) is 4. The van der Waals surface area contributed by atoms with Crippen LogP contribution in [0.1, 0.15) is 18.5 Å². The summed E-state index contributed by atoms with van der Waals surface area (Å²) in [6.45, 7) is 1.23. The van der Waals surface area contributed by atoms with Crippen LogP contribution in [0.15, 0.2) is 42.9 Å². The number of carbonyl (C=O) groups excluding carboxylic acids is 1. The van der Waals surface area contributed by atoms with E-state index in [-0.39, 0.29) is 25.0 Å². The van der Waals surface area contributed by atoms with Gasteiger partial charge >= 0.3 is 0 Å². The Bertz CT molecular complexity index is 930. The number of rotatable bonds is 4. The molecule has 2 aromatic heterocycles. The Hall–Kier alpha value is -2.60. The molecule has 1 N–H and O–H groups in total. The lowest BCUT2D eigenvalue weighted by molar-refractivity contribution is -0.132. The molecule has 3 heterocycles. The van der Waals surface area contributed by atoms with Crippen molar-refractivity contribution >= 4 is 16.6 Å². The molecule has 0 unspecified atom stereocenters. The van der Waals surface area contributed by atoms with Gasteiger partial charge in [0.25, 0.3) is 0 Å². The third-order valence-corrected chi connectivity index (χ3v) is 5.23. The van der Waals surface area contributed by atoms with Crippen LogP contribution < -0.4 is 0 Å². The van der Waals surface area contributed by atoms with Gasteiger partial charge in [0.2, 0.25) is 0 Å². The van der Waals surface area contributed by atoms with Gasteiger partial charge in [-0.25, -0.2) is 4.39 Å². The van der Waals surface area contributed by atoms with Crippen LogP contribution in [0.25, 0.3) is 21.9 Å². The summed E-state index contributed by atoms with van der Waals surface area (Å²) in [7, 11) is 1.95.